The second-order valence-electron chi connectivity index (χ2n) is 5.60. The Balaban J connectivity index is 2.22. The minimum Gasteiger partial charge on any atom is -0.479 e. The largest absolute Gasteiger partial charge is 0.479 e. The first-order chi connectivity index (χ1) is 11.2. The summed E-state index contributed by atoms with van der Waals surface area (Å²) in [5.41, 5.74) is 0. The molecule has 12 heteroatoms. The van der Waals surface area contributed by atoms with Crippen LogP contribution in [0.5, 0.6) is 0 Å². The van der Waals surface area contributed by atoms with Gasteiger partial charge < -0.3 is 55.1 Å². The first-order valence-corrected chi connectivity index (χ1v) is 7.04. The van der Waals surface area contributed by atoms with Crippen LogP contribution in [-0.2, 0) is 19.0 Å². The second kappa shape index (κ2) is 7.13. The van der Waals surface area contributed by atoms with Crippen LogP contribution in [0.3, 0.4) is 0 Å². The molecule has 2 heterocycles. The molecule has 0 aliphatic carbocycles. The number of aliphatic hydroxyl groups is 7. The Labute approximate surface area is 135 Å². The van der Waals surface area contributed by atoms with Crippen LogP contribution in [0, 0.1) is 0 Å². The Kier molecular flexibility index (Phi) is 5.76. The van der Waals surface area contributed by atoms with Crippen LogP contribution < -0.4 is 0 Å². The van der Waals surface area contributed by atoms with Crippen molar-refractivity contribution in [2.45, 2.75) is 54.8 Å². The number of carboxylic acids is 1. The molecular weight excluding hydrogens is 336 g/mol. The Morgan fingerprint density at radius 1 is 1.00 bits per heavy atom. The van der Waals surface area contributed by atoms with Gasteiger partial charge in [0.2, 0.25) is 5.79 Å². The Hall–Kier alpha value is -0.930. The zero-order chi connectivity index (χ0) is 18.2. The van der Waals surface area contributed by atoms with Gasteiger partial charge in [-0.15, -0.1) is 0 Å². The molecule has 0 aromatic rings. The SMILES string of the molecule is O=C(O)C1O[C@H](O[C@]2(CO)O[C@H](CO)[C@H](O)C2O)[C@@H](O)C(O)[C@@H]1O. The maximum Gasteiger partial charge on any atom is 0.335 e. The van der Waals surface area contributed by atoms with Crippen molar-refractivity contribution < 1.29 is 59.9 Å². The first kappa shape index (κ1) is 19.4. The summed E-state index contributed by atoms with van der Waals surface area (Å²) in [6, 6.07) is 0. The third kappa shape index (κ3) is 3.13. The fourth-order valence-corrected chi connectivity index (χ4v) is 2.62. The van der Waals surface area contributed by atoms with E-state index < -0.39 is 74.0 Å². The smallest absolute Gasteiger partial charge is 0.335 e. The summed E-state index contributed by atoms with van der Waals surface area (Å²) < 4.78 is 15.0. The molecule has 24 heavy (non-hydrogen) atoms. The molecule has 0 spiro atoms. The number of aliphatic carboxylic acids is 1. The van der Waals surface area contributed by atoms with Gasteiger partial charge in [-0.1, -0.05) is 0 Å². The van der Waals surface area contributed by atoms with Crippen LogP contribution in [0.1, 0.15) is 0 Å². The van der Waals surface area contributed by atoms with Crippen LogP contribution in [0.15, 0.2) is 0 Å². The number of hydrogen-bond donors (Lipinski definition) is 8. The third-order valence-electron chi connectivity index (χ3n) is 4.03. The van der Waals surface area contributed by atoms with Crippen molar-refractivity contribution in [3.63, 3.8) is 0 Å². The Morgan fingerprint density at radius 2 is 1.62 bits per heavy atom. The lowest BCUT2D eigenvalue weighted by Gasteiger charge is -2.42. The quantitative estimate of drug-likeness (QED) is 0.232. The average Bonchev–Trinajstić information content (AvgIpc) is 2.80. The van der Waals surface area contributed by atoms with Gasteiger partial charge in [0.15, 0.2) is 12.4 Å². The molecule has 2 rings (SSSR count). The fraction of sp³-hybridized carbons (Fsp3) is 0.917. The number of ether oxygens (including phenoxy) is 3. The van der Waals surface area contributed by atoms with Gasteiger partial charge in [-0.25, -0.2) is 4.79 Å². The molecule has 9 atom stereocenters. The highest BCUT2D eigenvalue weighted by Gasteiger charge is 2.58. The van der Waals surface area contributed by atoms with E-state index in [-0.39, 0.29) is 0 Å². The lowest BCUT2D eigenvalue weighted by Crippen LogP contribution is -2.63. The third-order valence-corrected chi connectivity index (χ3v) is 4.03. The van der Waals surface area contributed by atoms with E-state index in [0.717, 1.165) is 0 Å². The van der Waals surface area contributed by atoms with Crippen LogP contribution >= 0.6 is 0 Å². The lowest BCUT2D eigenvalue weighted by molar-refractivity contribution is -0.379. The number of aliphatic hydroxyl groups excluding tert-OH is 7. The number of hydrogen-bond acceptors (Lipinski definition) is 11. The predicted molar refractivity (Wildman–Crippen MR) is 69.2 cm³/mol. The van der Waals surface area contributed by atoms with Gasteiger partial charge in [0.1, 0.15) is 43.2 Å². The van der Waals surface area contributed by atoms with Crippen LogP contribution in [-0.4, -0.2) is 115 Å². The molecule has 3 unspecified atom stereocenters. The molecular formula is C12H20O12. The highest BCUT2D eigenvalue weighted by molar-refractivity contribution is 5.73. The number of rotatable bonds is 5. The molecule has 2 fully saturated rings. The van der Waals surface area contributed by atoms with Crippen molar-refractivity contribution in [2.75, 3.05) is 13.2 Å². The summed E-state index contributed by atoms with van der Waals surface area (Å²) in [5, 5.41) is 76.4. The molecule has 0 radical (unpaired) electrons. The Bertz CT molecular complexity index is 459. The van der Waals surface area contributed by atoms with Gasteiger partial charge in [-0.3, -0.25) is 0 Å². The van der Waals surface area contributed by atoms with E-state index in [9.17, 15) is 35.4 Å². The fourth-order valence-electron chi connectivity index (χ4n) is 2.62. The summed E-state index contributed by atoms with van der Waals surface area (Å²) >= 11 is 0. The van der Waals surface area contributed by atoms with Crippen LogP contribution in [0.2, 0.25) is 0 Å². The summed E-state index contributed by atoms with van der Waals surface area (Å²) in [7, 11) is 0. The van der Waals surface area contributed by atoms with Gasteiger partial charge in [0, 0.05) is 0 Å². The zero-order valence-corrected chi connectivity index (χ0v) is 12.2. The summed E-state index contributed by atoms with van der Waals surface area (Å²) in [5.74, 6) is -4.00. The van der Waals surface area contributed by atoms with Crippen molar-refractivity contribution in [1.29, 1.82) is 0 Å². The molecule has 2 saturated heterocycles. The summed E-state index contributed by atoms with van der Waals surface area (Å²) in [4.78, 5) is 11.0. The van der Waals surface area contributed by atoms with Gasteiger partial charge in [0.05, 0.1) is 6.61 Å². The normalized spacial score (nSPS) is 49.3. The monoisotopic (exact) mass is 356 g/mol. The molecule has 2 aliphatic heterocycles. The maximum absolute atomic E-state index is 11.0. The second-order valence-corrected chi connectivity index (χ2v) is 5.60. The van der Waals surface area contributed by atoms with Gasteiger partial charge in [-0.05, 0) is 0 Å². The van der Waals surface area contributed by atoms with Crippen molar-refractivity contribution in [1.82, 2.24) is 0 Å². The maximum atomic E-state index is 11.0. The van der Waals surface area contributed by atoms with E-state index in [1.807, 2.05) is 0 Å². The standard InChI is InChI=1S/C12H20O12/c13-1-3-4(15)9(19)12(2-14,23-3)24-11-7(18)5(16)6(17)8(22-11)10(20)21/h3-9,11,13-19H,1-2H2,(H,20,21)/t3-,4+,5?,6+,7+,8?,9?,11-,12+/m1/s1. The Morgan fingerprint density at radius 3 is 2.08 bits per heavy atom. The summed E-state index contributed by atoms with van der Waals surface area (Å²) in [6.45, 7) is -1.78. The van der Waals surface area contributed by atoms with E-state index in [1.54, 1.807) is 0 Å². The van der Waals surface area contributed by atoms with E-state index in [4.69, 9.17) is 24.4 Å². The van der Waals surface area contributed by atoms with E-state index in [1.165, 1.54) is 0 Å². The molecule has 8 N–H and O–H groups in total. The van der Waals surface area contributed by atoms with Crippen molar-refractivity contribution >= 4 is 5.97 Å². The van der Waals surface area contributed by atoms with Crippen molar-refractivity contribution in [3.05, 3.63) is 0 Å². The molecule has 0 bridgehead atoms. The predicted octanol–water partition coefficient (Wildman–Crippen LogP) is -5.30. The zero-order valence-electron chi connectivity index (χ0n) is 12.2. The topological polar surface area (TPSA) is 207 Å². The highest BCUT2D eigenvalue weighted by atomic mass is 16.8. The van der Waals surface area contributed by atoms with E-state index in [0.29, 0.717) is 0 Å². The minimum absolute atomic E-state index is 0.726. The molecule has 140 valence electrons. The number of carboxylic acid groups (broad SMARTS) is 1. The van der Waals surface area contributed by atoms with Crippen LogP contribution in [0.4, 0.5) is 0 Å². The minimum atomic E-state index is -2.34. The van der Waals surface area contributed by atoms with Crippen molar-refractivity contribution in [2.24, 2.45) is 0 Å². The van der Waals surface area contributed by atoms with Gasteiger partial charge in [-0.2, -0.15) is 0 Å². The van der Waals surface area contributed by atoms with Gasteiger partial charge in [0.25, 0.3) is 0 Å². The van der Waals surface area contributed by atoms with Gasteiger partial charge >= 0.3 is 5.97 Å². The molecule has 0 aromatic heterocycles. The number of carbonyl (C=O) groups is 1. The summed E-state index contributed by atoms with van der Waals surface area (Å²) in [6.07, 6.45) is -14.6. The molecule has 0 amide bonds. The van der Waals surface area contributed by atoms with Crippen molar-refractivity contribution in [3.8, 4) is 0 Å². The molecule has 0 saturated carbocycles. The highest BCUT2D eigenvalue weighted by Crippen LogP contribution is 2.35. The molecule has 0 aromatic carbocycles. The molecule has 2 aliphatic rings. The van der Waals surface area contributed by atoms with E-state index >= 15 is 0 Å². The van der Waals surface area contributed by atoms with E-state index in [2.05, 4.69) is 0 Å². The van der Waals surface area contributed by atoms with Crippen LogP contribution in [0.25, 0.3) is 0 Å². The average molecular weight is 356 g/mol. The lowest BCUT2D eigenvalue weighted by atomic mass is 9.98. The molecule has 12 nitrogen and oxygen atoms in total. The first-order valence-electron chi connectivity index (χ1n) is 7.04.